The van der Waals surface area contributed by atoms with Gasteiger partial charge in [-0.1, -0.05) is 17.7 Å². The van der Waals surface area contributed by atoms with Crippen LogP contribution in [0.5, 0.6) is 5.75 Å². The summed E-state index contributed by atoms with van der Waals surface area (Å²) in [7, 11) is 0. The molecule has 3 rings (SSSR count). The number of ether oxygens (including phenoxy) is 1. The van der Waals surface area contributed by atoms with Gasteiger partial charge in [-0.05, 0) is 49.7 Å². The van der Waals surface area contributed by atoms with Gasteiger partial charge in [0.2, 0.25) is 0 Å². The zero-order valence-electron chi connectivity index (χ0n) is 14.4. The highest BCUT2D eigenvalue weighted by atomic mass is 32.1. The van der Waals surface area contributed by atoms with Crippen LogP contribution in [0.2, 0.25) is 0 Å². The average Bonchev–Trinajstić information content (AvgIpc) is 3.04. The summed E-state index contributed by atoms with van der Waals surface area (Å²) in [6, 6.07) is 10.7. The van der Waals surface area contributed by atoms with Crippen molar-refractivity contribution in [2.45, 2.75) is 20.2 Å². The maximum Gasteiger partial charge on any atom is 0.573 e. The Morgan fingerprint density at radius 2 is 1.81 bits per heavy atom. The lowest BCUT2D eigenvalue weighted by Gasteiger charge is -2.09. The Kier molecular flexibility index (Phi) is 5.18. The first kappa shape index (κ1) is 18.9. The van der Waals surface area contributed by atoms with Crippen molar-refractivity contribution in [1.82, 2.24) is 4.98 Å². The number of aromatic nitrogens is 1. The number of hydrogen-bond acceptors (Lipinski definition) is 4. The first-order valence-corrected chi connectivity index (χ1v) is 8.79. The van der Waals surface area contributed by atoms with Gasteiger partial charge >= 0.3 is 6.36 Å². The summed E-state index contributed by atoms with van der Waals surface area (Å²) in [5, 5.41) is 4.91. The summed E-state index contributed by atoms with van der Waals surface area (Å²) in [5.74, 6) is -0.846. The number of thiazole rings is 1. The fourth-order valence-electron chi connectivity index (χ4n) is 2.44. The number of carbonyl (C=O) groups excluding carboxylic acids is 1. The van der Waals surface area contributed by atoms with E-state index < -0.39 is 12.3 Å². The molecule has 0 radical (unpaired) electrons. The molecule has 1 amide bonds. The Morgan fingerprint density at radius 3 is 2.48 bits per heavy atom. The number of halogens is 3. The van der Waals surface area contributed by atoms with Crippen LogP contribution in [-0.2, 0) is 0 Å². The molecule has 140 valence electrons. The van der Waals surface area contributed by atoms with Gasteiger partial charge in [0.15, 0.2) is 5.13 Å². The van der Waals surface area contributed by atoms with Crippen molar-refractivity contribution >= 4 is 22.4 Å². The number of rotatable bonds is 4. The molecule has 0 bridgehead atoms. The topological polar surface area (TPSA) is 51.2 Å². The average molecular weight is 392 g/mol. The molecule has 1 heterocycles. The van der Waals surface area contributed by atoms with Gasteiger partial charge < -0.3 is 4.74 Å². The number of amides is 1. The van der Waals surface area contributed by atoms with Crippen molar-refractivity contribution in [1.29, 1.82) is 0 Å². The molecule has 4 nitrogen and oxygen atoms in total. The summed E-state index contributed by atoms with van der Waals surface area (Å²) >= 11 is 1.28. The third-order valence-electron chi connectivity index (χ3n) is 3.74. The number of benzene rings is 2. The summed E-state index contributed by atoms with van der Waals surface area (Å²) in [6.45, 7) is 3.97. The van der Waals surface area contributed by atoms with E-state index in [-0.39, 0.29) is 11.3 Å². The number of aryl methyl sites for hydroxylation is 2. The second-order valence-electron chi connectivity index (χ2n) is 5.88. The van der Waals surface area contributed by atoms with Gasteiger partial charge in [0.1, 0.15) is 5.75 Å². The van der Waals surface area contributed by atoms with Crippen molar-refractivity contribution in [3.63, 3.8) is 0 Å². The summed E-state index contributed by atoms with van der Waals surface area (Å²) < 4.78 is 40.3. The second-order valence-corrected chi connectivity index (χ2v) is 6.74. The van der Waals surface area contributed by atoms with E-state index in [9.17, 15) is 18.0 Å². The van der Waals surface area contributed by atoms with E-state index in [1.807, 2.05) is 37.4 Å². The van der Waals surface area contributed by atoms with Gasteiger partial charge in [-0.25, -0.2) is 4.98 Å². The monoisotopic (exact) mass is 392 g/mol. The molecule has 0 aliphatic heterocycles. The summed E-state index contributed by atoms with van der Waals surface area (Å²) in [6.07, 6.45) is -4.77. The molecule has 0 aliphatic rings. The first-order chi connectivity index (χ1) is 12.7. The van der Waals surface area contributed by atoms with Gasteiger partial charge in [-0.2, -0.15) is 0 Å². The molecule has 1 N–H and O–H groups in total. The minimum atomic E-state index is -4.77. The Bertz CT molecular complexity index is 966. The van der Waals surface area contributed by atoms with Crippen LogP contribution in [-0.4, -0.2) is 17.3 Å². The molecule has 0 aliphatic carbocycles. The van der Waals surface area contributed by atoms with Crippen LogP contribution in [0, 0.1) is 13.8 Å². The Labute approximate surface area is 157 Å². The normalized spacial score (nSPS) is 11.3. The van der Waals surface area contributed by atoms with Crippen LogP contribution in [0.25, 0.3) is 11.3 Å². The van der Waals surface area contributed by atoms with Gasteiger partial charge in [0, 0.05) is 16.5 Å². The number of hydrogen-bond donors (Lipinski definition) is 1. The molecule has 3 aromatic rings. The van der Waals surface area contributed by atoms with Crippen molar-refractivity contribution in [3.8, 4) is 17.0 Å². The Hall–Kier alpha value is -2.87. The SMILES string of the molecule is Cc1ccc(C)c(-c2csc(NC(=O)c3ccc(OC(F)(F)F)cc3)n2)c1. The molecule has 2 aromatic carbocycles. The lowest BCUT2D eigenvalue weighted by Crippen LogP contribution is -2.17. The number of alkyl halides is 3. The van der Waals surface area contributed by atoms with Crippen molar-refractivity contribution < 1.29 is 22.7 Å². The lowest BCUT2D eigenvalue weighted by atomic mass is 10.0. The molecular formula is C19H15F3N2O2S. The van der Waals surface area contributed by atoms with Crippen LogP contribution >= 0.6 is 11.3 Å². The third-order valence-corrected chi connectivity index (χ3v) is 4.50. The molecular weight excluding hydrogens is 377 g/mol. The van der Waals surface area contributed by atoms with Crippen LogP contribution in [0.4, 0.5) is 18.3 Å². The minimum absolute atomic E-state index is 0.202. The van der Waals surface area contributed by atoms with E-state index in [0.717, 1.165) is 34.5 Å². The van der Waals surface area contributed by atoms with Crippen molar-refractivity contribution in [3.05, 3.63) is 64.5 Å². The molecule has 27 heavy (non-hydrogen) atoms. The molecule has 8 heteroatoms. The van der Waals surface area contributed by atoms with Gasteiger partial charge in [-0.3, -0.25) is 10.1 Å². The van der Waals surface area contributed by atoms with E-state index in [1.54, 1.807) is 0 Å². The zero-order valence-corrected chi connectivity index (χ0v) is 15.2. The quantitative estimate of drug-likeness (QED) is 0.631. The van der Waals surface area contributed by atoms with Gasteiger partial charge in [0.05, 0.1) is 5.69 Å². The number of nitrogens with zero attached hydrogens (tertiary/aromatic N) is 1. The highest BCUT2D eigenvalue weighted by molar-refractivity contribution is 7.14. The van der Waals surface area contributed by atoms with E-state index in [1.165, 1.54) is 23.5 Å². The van der Waals surface area contributed by atoms with E-state index >= 15 is 0 Å². The highest BCUT2D eigenvalue weighted by Gasteiger charge is 2.31. The van der Waals surface area contributed by atoms with E-state index in [0.29, 0.717) is 5.13 Å². The maximum atomic E-state index is 12.3. The fraction of sp³-hybridized carbons (Fsp3) is 0.158. The lowest BCUT2D eigenvalue weighted by molar-refractivity contribution is -0.274. The molecule has 0 spiro atoms. The Balaban J connectivity index is 1.72. The van der Waals surface area contributed by atoms with Crippen LogP contribution in [0.3, 0.4) is 0 Å². The van der Waals surface area contributed by atoms with Crippen LogP contribution < -0.4 is 10.1 Å². The number of anilines is 1. The summed E-state index contributed by atoms with van der Waals surface area (Å²) in [4.78, 5) is 16.7. The smallest absolute Gasteiger partial charge is 0.406 e. The summed E-state index contributed by atoms with van der Waals surface area (Å²) in [5.41, 5.74) is 4.12. The van der Waals surface area contributed by atoms with E-state index in [2.05, 4.69) is 15.0 Å². The van der Waals surface area contributed by atoms with Crippen LogP contribution in [0.15, 0.2) is 47.8 Å². The Morgan fingerprint density at radius 1 is 1.11 bits per heavy atom. The largest absolute Gasteiger partial charge is 0.573 e. The molecule has 0 fully saturated rings. The minimum Gasteiger partial charge on any atom is -0.406 e. The van der Waals surface area contributed by atoms with Gasteiger partial charge in [0.25, 0.3) is 5.91 Å². The highest BCUT2D eigenvalue weighted by Crippen LogP contribution is 2.29. The predicted molar refractivity (Wildman–Crippen MR) is 98.1 cm³/mol. The maximum absolute atomic E-state index is 12.3. The fourth-order valence-corrected chi connectivity index (χ4v) is 3.15. The van der Waals surface area contributed by atoms with Gasteiger partial charge in [-0.15, -0.1) is 24.5 Å². The van der Waals surface area contributed by atoms with E-state index in [4.69, 9.17) is 0 Å². The third kappa shape index (κ3) is 4.85. The zero-order chi connectivity index (χ0) is 19.6. The van der Waals surface area contributed by atoms with Crippen LogP contribution in [0.1, 0.15) is 21.5 Å². The first-order valence-electron chi connectivity index (χ1n) is 7.91. The van der Waals surface area contributed by atoms with Crippen molar-refractivity contribution in [2.75, 3.05) is 5.32 Å². The standard InChI is InChI=1S/C19H15F3N2O2S/c1-11-3-4-12(2)15(9-11)16-10-27-18(23-16)24-17(25)13-5-7-14(8-6-13)26-19(20,21)22/h3-10H,1-2H3,(H,23,24,25). The predicted octanol–water partition coefficient (Wildman–Crippen LogP) is 5.58. The number of carbonyl (C=O) groups is 1. The molecule has 0 saturated heterocycles. The molecule has 0 saturated carbocycles. The molecule has 0 unspecified atom stereocenters. The molecule has 1 aromatic heterocycles. The second kappa shape index (κ2) is 7.40. The number of nitrogens with one attached hydrogen (secondary N) is 1. The molecule has 0 atom stereocenters. The van der Waals surface area contributed by atoms with Crippen molar-refractivity contribution in [2.24, 2.45) is 0 Å².